The van der Waals surface area contributed by atoms with Crippen molar-refractivity contribution >= 4 is 83.7 Å². The van der Waals surface area contributed by atoms with Crippen molar-refractivity contribution in [3.05, 3.63) is 73.5 Å². The van der Waals surface area contributed by atoms with Crippen LogP contribution in [0.1, 0.15) is 15.9 Å². The lowest BCUT2D eigenvalue weighted by Crippen LogP contribution is -2.22. The molecule has 7 nitrogen and oxygen atoms in total. The molecule has 0 aliphatic heterocycles. The van der Waals surface area contributed by atoms with Crippen LogP contribution in [0.3, 0.4) is 0 Å². The van der Waals surface area contributed by atoms with Crippen molar-refractivity contribution in [3.8, 4) is 0 Å². The molecule has 0 fully saturated rings. The summed E-state index contributed by atoms with van der Waals surface area (Å²) in [4.78, 5) is 24.8. The van der Waals surface area contributed by atoms with E-state index in [0.717, 1.165) is 11.3 Å². The number of hydrogen-bond donors (Lipinski definition) is 2. The van der Waals surface area contributed by atoms with Crippen LogP contribution in [0, 0.1) is 6.92 Å². The van der Waals surface area contributed by atoms with E-state index in [1.54, 1.807) is 37.3 Å². The van der Waals surface area contributed by atoms with Crippen molar-refractivity contribution in [2.75, 3.05) is 16.6 Å². The average Bonchev–Trinajstić information content (AvgIpc) is 3.20. The topological polar surface area (TPSA) is 102 Å². The molecule has 1 heterocycles. The molecule has 0 saturated heterocycles. The molecule has 1 aromatic heterocycles. The summed E-state index contributed by atoms with van der Waals surface area (Å²) in [6.45, 7) is 1.12. The minimum Gasteiger partial charge on any atom is -0.452 e. The molecule has 12 heteroatoms. The molecular formula is C20H15BrCl2N2O5S2. The van der Waals surface area contributed by atoms with Crippen LogP contribution in [-0.4, -0.2) is 26.9 Å². The highest BCUT2D eigenvalue weighted by atomic mass is 79.9. The maximum Gasteiger partial charge on any atom is 0.340 e. The van der Waals surface area contributed by atoms with Gasteiger partial charge in [-0.2, -0.15) is 0 Å². The third-order valence-corrected chi connectivity index (χ3v) is 8.37. The number of hydrogen-bond acceptors (Lipinski definition) is 6. The highest BCUT2D eigenvalue weighted by Gasteiger charge is 2.21. The molecule has 2 N–H and O–H groups in total. The lowest BCUT2D eigenvalue weighted by atomic mass is 10.2. The number of amides is 1. The number of anilines is 2. The number of ether oxygens (including phenoxy) is 1. The molecule has 0 radical (unpaired) electrons. The van der Waals surface area contributed by atoms with Crippen molar-refractivity contribution in [2.45, 2.75) is 11.1 Å². The Morgan fingerprint density at radius 3 is 2.50 bits per heavy atom. The first-order valence-corrected chi connectivity index (χ1v) is 12.7. The fourth-order valence-electron chi connectivity index (χ4n) is 2.54. The van der Waals surface area contributed by atoms with Gasteiger partial charge in [-0.25, -0.2) is 13.2 Å². The number of aryl methyl sites for hydroxylation is 1. The summed E-state index contributed by atoms with van der Waals surface area (Å²) in [5, 5.41) is 3.02. The summed E-state index contributed by atoms with van der Waals surface area (Å²) in [5.41, 5.74) is 0.894. The zero-order valence-corrected chi connectivity index (χ0v) is 21.0. The number of esters is 1. The van der Waals surface area contributed by atoms with Crippen LogP contribution in [0.15, 0.2) is 56.5 Å². The molecule has 0 aliphatic rings. The molecule has 1 amide bonds. The fourth-order valence-corrected chi connectivity index (χ4v) is 6.10. The summed E-state index contributed by atoms with van der Waals surface area (Å²) in [6.07, 6.45) is 0. The Labute approximate surface area is 206 Å². The van der Waals surface area contributed by atoms with Crippen LogP contribution in [0.4, 0.5) is 11.4 Å². The Balaban J connectivity index is 1.70. The van der Waals surface area contributed by atoms with Gasteiger partial charge in [-0.05, 0) is 58.7 Å². The molecule has 168 valence electrons. The quantitative estimate of drug-likeness (QED) is 0.350. The van der Waals surface area contributed by atoms with E-state index in [9.17, 15) is 18.0 Å². The Morgan fingerprint density at radius 2 is 1.81 bits per heavy atom. The van der Waals surface area contributed by atoms with Crippen molar-refractivity contribution < 1.29 is 22.7 Å². The summed E-state index contributed by atoms with van der Waals surface area (Å²) < 4.78 is 33.3. The van der Waals surface area contributed by atoms with Gasteiger partial charge in [0.2, 0.25) is 0 Å². The summed E-state index contributed by atoms with van der Waals surface area (Å²) >= 11 is 16.5. The molecule has 0 atom stereocenters. The van der Waals surface area contributed by atoms with Crippen LogP contribution < -0.4 is 10.0 Å². The molecule has 2 aromatic carbocycles. The van der Waals surface area contributed by atoms with Crippen LogP contribution in [0.5, 0.6) is 0 Å². The summed E-state index contributed by atoms with van der Waals surface area (Å²) in [7, 11) is -3.91. The molecule has 32 heavy (non-hydrogen) atoms. The van der Waals surface area contributed by atoms with Gasteiger partial charge in [0.25, 0.3) is 15.9 Å². The lowest BCUT2D eigenvalue weighted by Gasteiger charge is -2.13. The smallest absolute Gasteiger partial charge is 0.340 e. The zero-order chi connectivity index (χ0) is 23.5. The third kappa shape index (κ3) is 5.81. The average molecular weight is 578 g/mol. The van der Waals surface area contributed by atoms with Crippen LogP contribution >= 0.6 is 50.5 Å². The Hall–Kier alpha value is -2.11. The first-order valence-electron chi connectivity index (χ1n) is 8.87. The van der Waals surface area contributed by atoms with E-state index >= 15 is 0 Å². The third-order valence-electron chi connectivity index (χ3n) is 4.09. The summed E-state index contributed by atoms with van der Waals surface area (Å²) in [5.74, 6) is -1.54. The number of thiophene rings is 1. The molecule has 3 aromatic rings. The fraction of sp³-hybridized carbons (Fsp3) is 0.100. The molecular weight excluding hydrogens is 563 g/mol. The highest BCUT2D eigenvalue weighted by molar-refractivity contribution is 9.11. The SMILES string of the molecule is Cc1ccc(Cl)c(NC(=O)COC(=O)c2ccccc2NS(=O)(=O)c2ccc(Br)s2)c1Cl. The highest BCUT2D eigenvalue weighted by Crippen LogP contribution is 2.33. The number of halogens is 3. The van der Waals surface area contributed by atoms with Gasteiger partial charge in [-0.15, -0.1) is 11.3 Å². The number of sulfonamides is 1. The molecule has 0 aliphatic carbocycles. The molecule has 0 unspecified atom stereocenters. The largest absolute Gasteiger partial charge is 0.452 e. The van der Waals surface area contributed by atoms with Crippen molar-refractivity contribution in [1.29, 1.82) is 0 Å². The molecule has 0 spiro atoms. The zero-order valence-electron chi connectivity index (χ0n) is 16.3. The van der Waals surface area contributed by atoms with Crippen molar-refractivity contribution in [2.24, 2.45) is 0 Å². The predicted molar refractivity (Wildman–Crippen MR) is 129 cm³/mol. The number of para-hydroxylation sites is 1. The standard InChI is InChI=1S/C20H15BrCl2N2O5S2/c1-11-6-7-13(22)19(18(11)23)24-16(26)10-30-20(27)12-4-2-3-5-14(12)25-32(28,29)17-9-8-15(21)31-17/h2-9,25H,10H2,1H3,(H,24,26). The van der Waals surface area contributed by atoms with E-state index in [1.165, 1.54) is 18.2 Å². The van der Waals surface area contributed by atoms with E-state index in [4.69, 9.17) is 27.9 Å². The minimum absolute atomic E-state index is 0.0206. The molecule has 0 saturated carbocycles. The summed E-state index contributed by atoms with van der Waals surface area (Å²) in [6, 6.07) is 12.2. The molecule has 0 bridgehead atoms. The van der Waals surface area contributed by atoms with Crippen LogP contribution in [0.25, 0.3) is 0 Å². The maximum atomic E-state index is 12.6. The van der Waals surface area contributed by atoms with Crippen LogP contribution in [-0.2, 0) is 19.6 Å². The van der Waals surface area contributed by atoms with Crippen molar-refractivity contribution in [1.82, 2.24) is 0 Å². The second kappa shape index (κ2) is 10.2. The molecule has 3 rings (SSSR count). The maximum absolute atomic E-state index is 12.6. The van der Waals surface area contributed by atoms with Gasteiger partial charge in [0.05, 0.1) is 30.8 Å². The van der Waals surface area contributed by atoms with Gasteiger partial charge in [0.1, 0.15) is 4.21 Å². The number of nitrogens with one attached hydrogen (secondary N) is 2. The van der Waals surface area contributed by atoms with Gasteiger partial charge in [0.15, 0.2) is 6.61 Å². The van der Waals surface area contributed by atoms with E-state index in [1.807, 2.05) is 0 Å². The van der Waals surface area contributed by atoms with E-state index in [2.05, 4.69) is 26.0 Å². The second-order valence-electron chi connectivity index (χ2n) is 6.39. The second-order valence-corrected chi connectivity index (χ2v) is 11.5. The van der Waals surface area contributed by atoms with Gasteiger partial charge >= 0.3 is 5.97 Å². The Morgan fingerprint density at radius 1 is 1.09 bits per heavy atom. The van der Waals surface area contributed by atoms with Gasteiger partial charge in [-0.1, -0.05) is 41.4 Å². The first kappa shape index (κ1) is 24.5. The number of benzene rings is 2. The van der Waals surface area contributed by atoms with Crippen molar-refractivity contribution in [3.63, 3.8) is 0 Å². The van der Waals surface area contributed by atoms with Gasteiger partial charge in [0, 0.05) is 0 Å². The van der Waals surface area contributed by atoms with Crippen LogP contribution in [0.2, 0.25) is 10.0 Å². The number of carbonyl (C=O) groups excluding carboxylic acids is 2. The van der Waals surface area contributed by atoms with Gasteiger partial charge in [-0.3, -0.25) is 9.52 Å². The minimum atomic E-state index is -3.91. The number of carbonyl (C=O) groups is 2. The predicted octanol–water partition coefficient (Wildman–Crippen LogP) is 5.72. The van der Waals surface area contributed by atoms with E-state index in [0.29, 0.717) is 9.35 Å². The lowest BCUT2D eigenvalue weighted by molar-refractivity contribution is -0.119. The van der Waals surface area contributed by atoms with Gasteiger partial charge < -0.3 is 10.1 Å². The monoisotopic (exact) mass is 576 g/mol. The first-order chi connectivity index (χ1) is 15.1. The van der Waals surface area contributed by atoms with E-state index < -0.39 is 28.5 Å². The Bertz CT molecular complexity index is 1290. The normalized spacial score (nSPS) is 11.1. The Kier molecular flexibility index (Phi) is 7.84. The van der Waals surface area contributed by atoms with E-state index in [-0.39, 0.29) is 31.2 Å². The number of rotatable bonds is 7.